The van der Waals surface area contributed by atoms with Crippen LogP contribution in [0.2, 0.25) is 0 Å². The molecule has 1 aromatic rings. The van der Waals surface area contributed by atoms with E-state index in [4.69, 9.17) is 0 Å². The van der Waals surface area contributed by atoms with E-state index in [1.807, 2.05) is 24.3 Å². The molecule has 0 radical (unpaired) electrons. The molecular formula is C21H29NO4. The van der Waals surface area contributed by atoms with Crippen molar-refractivity contribution in [1.29, 1.82) is 0 Å². The Balaban J connectivity index is 1.75. The fourth-order valence-electron chi connectivity index (χ4n) is 4.03. The molecule has 5 nitrogen and oxygen atoms in total. The molecule has 2 N–H and O–H groups in total. The molecule has 1 aliphatic carbocycles. The van der Waals surface area contributed by atoms with Crippen LogP contribution in [0.15, 0.2) is 24.3 Å². The number of carboxylic acid groups (broad SMARTS) is 1. The first-order valence-electron chi connectivity index (χ1n) is 9.61. The van der Waals surface area contributed by atoms with Gasteiger partial charge in [-0.05, 0) is 48.8 Å². The summed E-state index contributed by atoms with van der Waals surface area (Å²) in [5.74, 6) is -0.207. The molecular weight excluding hydrogens is 330 g/mol. The summed E-state index contributed by atoms with van der Waals surface area (Å²) in [7, 11) is 0. The molecule has 0 bridgehead atoms. The van der Waals surface area contributed by atoms with Crippen molar-refractivity contribution in [2.24, 2.45) is 17.3 Å². The van der Waals surface area contributed by atoms with Gasteiger partial charge in [-0.1, -0.05) is 38.8 Å². The highest BCUT2D eigenvalue weighted by atomic mass is 16.4. The molecule has 1 saturated carbocycles. The zero-order valence-electron chi connectivity index (χ0n) is 15.6. The third-order valence-electron chi connectivity index (χ3n) is 5.69. The molecule has 1 amide bonds. The maximum absolute atomic E-state index is 12.9. The lowest BCUT2D eigenvalue weighted by Crippen LogP contribution is -2.57. The Bertz CT molecular complexity index is 665. The molecule has 1 saturated heterocycles. The first-order chi connectivity index (χ1) is 12.3. The second kappa shape index (κ2) is 7.39. The van der Waals surface area contributed by atoms with Crippen molar-refractivity contribution in [2.75, 3.05) is 13.1 Å². The molecule has 2 fully saturated rings. The number of nitrogens with zero attached hydrogens (tertiary/aromatic N) is 1. The van der Waals surface area contributed by atoms with Crippen LogP contribution in [0.3, 0.4) is 0 Å². The number of rotatable bonds is 6. The fourth-order valence-corrected chi connectivity index (χ4v) is 4.03. The van der Waals surface area contributed by atoms with Crippen LogP contribution in [0.25, 0.3) is 0 Å². The van der Waals surface area contributed by atoms with E-state index in [1.54, 1.807) is 4.90 Å². The minimum Gasteiger partial charge on any atom is -0.481 e. The quantitative estimate of drug-likeness (QED) is 0.819. The number of carboxylic acids is 1. The lowest BCUT2D eigenvalue weighted by atomic mass is 9.73. The van der Waals surface area contributed by atoms with Crippen molar-refractivity contribution < 1.29 is 19.8 Å². The van der Waals surface area contributed by atoms with E-state index in [9.17, 15) is 19.8 Å². The third kappa shape index (κ3) is 3.93. The lowest BCUT2D eigenvalue weighted by Gasteiger charge is -2.43. The summed E-state index contributed by atoms with van der Waals surface area (Å²) in [6, 6.07) is 7.60. The first-order valence-corrected chi connectivity index (χ1v) is 9.61. The largest absolute Gasteiger partial charge is 0.481 e. The van der Waals surface area contributed by atoms with Crippen molar-refractivity contribution in [3.63, 3.8) is 0 Å². The number of amides is 1. The predicted octanol–water partition coefficient (Wildman–Crippen LogP) is 2.96. The molecule has 5 heteroatoms. The van der Waals surface area contributed by atoms with Gasteiger partial charge in [0.25, 0.3) is 5.91 Å². The van der Waals surface area contributed by atoms with Gasteiger partial charge in [0.1, 0.15) is 5.41 Å². The maximum atomic E-state index is 12.9. The SMILES string of the molecule is CC(C)Cc1ccc(C(=O)N2CC[C@@H](O)[C@@](CC3CC3)(C(=O)O)C2)cc1. The maximum Gasteiger partial charge on any atom is 0.314 e. The van der Waals surface area contributed by atoms with Crippen LogP contribution in [-0.4, -0.2) is 46.2 Å². The van der Waals surface area contributed by atoms with Crippen LogP contribution in [0.5, 0.6) is 0 Å². The van der Waals surface area contributed by atoms with Gasteiger partial charge in [-0.15, -0.1) is 0 Å². The molecule has 0 aromatic heterocycles. The Hall–Kier alpha value is -1.88. The zero-order chi connectivity index (χ0) is 18.9. The Labute approximate surface area is 155 Å². The molecule has 26 heavy (non-hydrogen) atoms. The van der Waals surface area contributed by atoms with Crippen LogP contribution in [0.1, 0.15) is 55.5 Å². The van der Waals surface area contributed by atoms with Crippen LogP contribution in [0, 0.1) is 17.3 Å². The Kier molecular flexibility index (Phi) is 5.37. The van der Waals surface area contributed by atoms with Crippen LogP contribution in [-0.2, 0) is 11.2 Å². The smallest absolute Gasteiger partial charge is 0.314 e. The molecule has 3 rings (SSSR count). The van der Waals surface area contributed by atoms with Gasteiger partial charge in [0.05, 0.1) is 6.10 Å². The van der Waals surface area contributed by atoms with Crippen LogP contribution >= 0.6 is 0 Å². The summed E-state index contributed by atoms with van der Waals surface area (Å²) >= 11 is 0. The Morgan fingerprint density at radius 2 is 1.85 bits per heavy atom. The van der Waals surface area contributed by atoms with E-state index >= 15 is 0 Å². The topological polar surface area (TPSA) is 77.8 Å². The second-order valence-corrected chi connectivity index (χ2v) is 8.43. The number of hydrogen-bond donors (Lipinski definition) is 2. The van der Waals surface area contributed by atoms with Gasteiger partial charge in [0.15, 0.2) is 0 Å². The van der Waals surface area contributed by atoms with Crippen LogP contribution < -0.4 is 0 Å². The number of carbonyl (C=O) groups is 2. The Morgan fingerprint density at radius 3 is 2.38 bits per heavy atom. The summed E-state index contributed by atoms with van der Waals surface area (Å²) in [4.78, 5) is 26.5. The molecule has 0 unspecified atom stereocenters. The van der Waals surface area contributed by atoms with Crippen molar-refractivity contribution in [2.45, 2.75) is 52.1 Å². The van der Waals surface area contributed by atoms with Crippen LogP contribution in [0.4, 0.5) is 0 Å². The van der Waals surface area contributed by atoms with Gasteiger partial charge in [-0.2, -0.15) is 0 Å². The van der Waals surface area contributed by atoms with E-state index < -0.39 is 17.5 Å². The zero-order valence-corrected chi connectivity index (χ0v) is 15.6. The van der Waals surface area contributed by atoms with Gasteiger partial charge >= 0.3 is 5.97 Å². The highest BCUT2D eigenvalue weighted by molar-refractivity contribution is 5.94. The van der Waals surface area contributed by atoms with E-state index in [1.165, 1.54) is 5.56 Å². The average molecular weight is 359 g/mol. The molecule has 2 atom stereocenters. The second-order valence-electron chi connectivity index (χ2n) is 8.43. The molecule has 1 aliphatic heterocycles. The number of hydrogen-bond acceptors (Lipinski definition) is 3. The standard InChI is InChI=1S/C21H29NO4/c1-14(2)11-15-5-7-17(8-6-15)19(24)22-10-9-18(23)21(13-22,20(25)26)12-16-3-4-16/h5-8,14,16,18,23H,3-4,9-13H2,1-2H3,(H,25,26)/t18-,21+/m1/s1. The lowest BCUT2D eigenvalue weighted by molar-refractivity contribution is -0.163. The first kappa shape index (κ1) is 18.9. The van der Waals surface area contributed by atoms with E-state index in [0.717, 1.165) is 19.3 Å². The number of likely N-dealkylation sites (tertiary alicyclic amines) is 1. The third-order valence-corrected chi connectivity index (χ3v) is 5.69. The minimum absolute atomic E-state index is 0.0899. The van der Waals surface area contributed by atoms with Crippen molar-refractivity contribution >= 4 is 11.9 Å². The molecule has 0 spiro atoms. The van der Waals surface area contributed by atoms with Crippen molar-refractivity contribution in [3.8, 4) is 0 Å². The number of aliphatic hydroxyl groups is 1. The number of aliphatic hydroxyl groups excluding tert-OH is 1. The highest BCUT2D eigenvalue weighted by Gasteiger charge is 2.52. The van der Waals surface area contributed by atoms with Crippen molar-refractivity contribution in [1.82, 2.24) is 4.90 Å². The highest BCUT2D eigenvalue weighted by Crippen LogP contribution is 2.45. The van der Waals surface area contributed by atoms with E-state index in [0.29, 0.717) is 36.8 Å². The van der Waals surface area contributed by atoms with E-state index in [2.05, 4.69) is 13.8 Å². The van der Waals surface area contributed by atoms with Gasteiger partial charge < -0.3 is 15.1 Å². The van der Waals surface area contributed by atoms with Gasteiger partial charge in [-0.3, -0.25) is 9.59 Å². The average Bonchev–Trinajstić information content (AvgIpc) is 3.40. The summed E-state index contributed by atoms with van der Waals surface area (Å²) in [6.45, 7) is 4.80. The number of aliphatic carboxylic acids is 1. The van der Waals surface area contributed by atoms with Gasteiger partial charge in [0, 0.05) is 18.7 Å². The van der Waals surface area contributed by atoms with Gasteiger partial charge in [-0.25, -0.2) is 0 Å². The number of piperidine rings is 1. The number of benzene rings is 1. The molecule has 1 heterocycles. The van der Waals surface area contributed by atoms with Gasteiger partial charge in [0.2, 0.25) is 0 Å². The summed E-state index contributed by atoms with van der Waals surface area (Å²) in [5, 5.41) is 20.3. The molecule has 2 aliphatic rings. The summed E-state index contributed by atoms with van der Waals surface area (Å²) in [6.07, 6.45) is 2.89. The Morgan fingerprint density at radius 1 is 1.19 bits per heavy atom. The normalized spacial score (nSPS) is 26.2. The summed E-state index contributed by atoms with van der Waals surface area (Å²) in [5.41, 5.74) is 0.547. The van der Waals surface area contributed by atoms with Crippen molar-refractivity contribution in [3.05, 3.63) is 35.4 Å². The number of carbonyl (C=O) groups excluding carboxylic acids is 1. The molecule has 1 aromatic carbocycles. The fraction of sp³-hybridized carbons (Fsp3) is 0.619. The van der Waals surface area contributed by atoms with E-state index in [-0.39, 0.29) is 12.5 Å². The predicted molar refractivity (Wildman–Crippen MR) is 98.9 cm³/mol. The molecule has 142 valence electrons. The summed E-state index contributed by atoms with van der Waals surface area (Å²) < 4.78 is 0. The minimum atomic E-state index is -1.23. The monoisotopic (exact) mass is 359 g/mol.